The summed E-state index contributed by atoms with van der Waals surface area (Å²) in [4.78, 5) is 114. The van der Waals surface area contributed by atoms with Crippen molar-refractivity contribution in [2.45, 2.75) is 143 Å². The van der Waals surface area contributed by atoms with Crippen LogP contribution in [-0.4, -0.2) is 93.0 Å². The molecule has 0 aromatic heterocycles. The minimum Gasteiger partial charge on any atom is -0.508 e. The fourth-order valence-electron chi connectivity index (χ4n) is 8.68. The van der Waals surface area contributed by atoms with E-state index in [0.29, 0.717) is 67.6 Å². The van der Waals surface area contributed by atoms with Crippen LogP contribution in [0.4, 0.5) is 0 Å². The standard InChI is InChI=1S/C60H73NO17/c1-59(2,57(73)61-50(37-43-19-27-46(63)28-20-43)51(65)11-9-10-40-21-30-48(31-22-40)77-54(70)14-7-5-12-52(66)67)39-60(3,4)58(74)76-35-34-75-56(72)44(36-42-17-25-45(62)26-18-42)38-47(64)29-16-41-23-32-49(33-24-41)78-55(71)15-8-6-13-53(68)69/h17-28,30-33,44,50,62-63H,5-16,29,34-39H2,1-4H3,(H,61,73)(H,66,67)(H,68,69)/t44-,50+/m1/s1. The zero-order valence-electron chi connectivity index (χ0n) is 44.9. The molecule has 0 aliphatic rings. The lowest BCUT2D eigenvalue weighted by Crippen LogP contribution is -2.49. The monoisotopic (exact) mass is 1080 g/mol. The first kappa shape index (κ1) is 62.6. The fourth-order valence-corrected chi connectivity index (χ4v) is 8.68. The molecular formula is C60H73NO17. The summed E-state index contributed by atoms with van der Waals surface area (Å²) in [6.07, 6.45) is 3.29. The number of phenolic OH excluding ortho intramolecular Hbond substituents is 2. The molecule has 0 saturated heterocycles. The van der Waals surface area contributed by atoms with E-state index in [1.165, 1.54) is 24.3 Å². The quantitative estimate of drug-likeness (QED) is 0.0163. The number of carboxylic acid groups (broad SMARTS) is 2. The van der Waals surface area contributed by atoms with Crippen LogP contribution in [0.3, 0.4) is 0 Å². The maximum Gasteiger partial charge on any atom is 0.311 e. The molecule has 4 aromatic carbocycles. The van der Waals surface area contributed by atoms with Crippen LogP contribution in [0.15, 0.2) is 97.1 Å². The number of benzene rings is 4. The Morgan fingerprint density at radius 3 is 1.45 bits per heavy atom. The van der Waals surface area contributed by atoms with Crippen molar-refractivity contribution >= 4 is 53.3 Å². The van der Waals surface area contributed by atoms with Crippen molar-refractivity contribution in [3.8, 4) is 23.0 Å². The Kier molecular flexibility index (Phi) is 25.2. The molecule has 0 saturated carbocycles. The molecule has 0 fully saturated rings. The molecule has 2 atom stereocenters. The van der Waals surface area contributed by atoms with E-state index in [4.69, 9.17) is 29.2 Å². The van der Waals surface area contributed by atoms with E-state index in [2.05, 4.69) is 5.32 Å². The van der Waals surface area contributed by atoms with Crippen LogP contribution in [0, 0.1) is 16.7 Å². The van der Waals surface area contributed by atoms with Gasteiger partial charge in [0, 0.05) is 50.4 Å². The molecule has 4 aromatic rings. The summed E-state index contributed by atoms with van der Waals surface area (Å²) in [7, 11) is 0. The number of Topliss-reactive ketones (excluding diaryl/α,β-unsaturated/α-hetero) is 2. The van der Waals surface area contributed by atoms with Crippen molar-refractivity contribution in [2.75, 3.05) is 13.2 Å². The summed E-state index contributed by atoms with van der Waals surface area (Å²) >= 11 is 0. The lowest BCUT2D eigenvalue weighted by atomic mass is 9.74. The number of carbonyl (C=O) groups excluding carboxylic acids is 7. The number of nitrogens with one attached hydrogen (secondary N) is 1. The average molecular weight is 1080 g/mol. The van der Waals surface area contributed by atoms with Gasteiger partial charge in [-0.05, 0) is 149 Å². The predicted molar refractivity (Wildman–Crippen MR) is 285 cm³/mol. The van der Waals surface area contributed by atoms with Crippen LogP contribution < -0.4 is 14.8 Å². The van der Waals surface area contributed by atoms with Crippen molar-refractivity contribution in [1.29, 1.82) is 0 Å². The lowest BCUT2D eigenvalue weighted by molar-refractivity contribution is -0.162. The number of aryl methyl sites for hydroxylation is 2. The Morgan fingerprint density at radius 2 is 0.949 bits per heavy atom. The average Bonchev–Trinajstić information content (AvgIpc) is 3.39. The molecule has 0 heterocycles. The number of aromatic hydroxyl groups is 2. The Morgan fingerprint density at radius 1 is 0.500 bits per heavy atom. The Labute approximate surface area is 454 Å². The number of phenols is 2. The molecule has 0 radical (unpaired) electrons. The van der Waals surface area contributed by atoms with Crippen molar-refractivity contribution in [2.24, 2.45) is 16.7 Å². The van der Waals surface area contributed by atoms with Crippen molar-refractivity contribution in [1.82, 2.24) is 5.32 Å². The number of carboxylic acids is 2. The van der Waals surface area contributed by atoms with E-state index in [0.717, 1.165) is 11.1 Å². The van der Waals surface area contributed by atoms with E-state index in [9.17, 15) is 53.4 Å². The summed E-state index contributed by atoms with van der Waals surface area (Å²) < 4.78 is 21.8. The summed E-state index contributed by atoms with van der Waals surface area (Å²) in [6.45, 7) is 5.93. The van der Waals surface area contributed by atoms with E-state index in [-0.39, 0.29) is 100 Å². The lowest BCUT2D eigenvalue weighted by Gasteiger charge is -2.33. The number of ether oxygens (including phenoxy) is 4. The maximum atomic E-state index is 14.0. The smallest absolute Gasteiger partial charge is 0.311 e. The van der Waals surface area contributed by atoms with Gasteiger partial charge in [0.1, 0.15) is 42.0 Å². The highest BCUT2D eigenvalue weighted by atomic mass is 16.6. The number of rotatable bonds is 35. The fraction of sp³-hybridized carbons (Fsp3) is 0.450. The highest BCUT2D eigenvalue weighted by Gasteiger charge is 2.41. The molecule has 0 spiro atoms. The molecule has 0 aliphatic heterocycles. The van der Waals surface area contributed by atoms with Crippen LogP contribution in [0.2, 0.25) is 0 Å². The molecule has 0 bridgehead atoms. The van der Waals surface area contributed by atoms with Crippen LogP contribution in [-0.2, 0) is 78.3 Å². The number of esters is 4. The molecule has 4 rings (SSSR count). The number of ketones is 2. The third kappa shape index (κ3) is 23.6. The first-order valence-corrected chi connectivity index (χ1v) is 26.3. The van der Waals surface area contributed by atoms with E-state index in [1.54, 1.807) is 100 Å². The van der Waals surface area contributed by atoms with Crippen LogP contribution >= 0.6 is 0 Å². The molecule has 0 unspecified atom stereocenters. The minimum absolute atomic E-state index is 0.00654. The van der Waals surface area contributed by atoms with Gasteiger partial charge in [-0.25, -0.2) is 0 Å². The normalized spacial score (nSPS) is 12.1. The van der Waals surface area contributed by atoms with Gasteiger partial charge in [-0.3, -0.25) is 43.2 Å². The third-order valence-corrected chi connectivity index (χ3v) is 12.8. The molecule has 420 valence electrons. The van der Waals surface area contributed by atoms with Crippen LogP contribution in [0.5, 0.6) is 23.0 Å². The van der Waals surface area contributed by atoms with Gasteiger partial charge in [0.25, 0.3) is 0 Å². The number of amides is 1. The van der Waals surface area contributed by atoms with Gasteiger partial charge in [0.2, 0.25) is 5.91 Å². The van der Waals surface area contributed by atoms with Gasteiger partial charge in [-0.15, -0.1) is 0 Å². The van der Waals surface area contributed by atoms with Gasteiger partial charge < -0.3 is 44.7 Å². The molecule has 78 heavy (non-hydrogen) atoms. The van der Waals surface area contributed by atoms with Gasteiger partial charge in [-0.1, -0.05) is 62.4 Å². The summed E-state index contributed by atoms with van der Waals surface area (Å²) in [6, 6.07) is 25.1. The second kappa shape index (κ2) is 31.4. The van der Waals surface area contributed by atoms with Gasteiger partial charge >= 0.3 is 35.8 Å². The zero-order chi connectivity index (χ0) is 57.3. The van der Waals surface area contributed by atoms with Crippen LogP contribution in [0.25, 0.3) is 0 Å². The number of hydrogen-bond donors (Lipinski definition) is 5. The Balaban J connectivity index is 1.27. The first-order chi connectivity index (χ1) is 37.0. The Bertz CT molecular complexity index is 2640. The van der Waals surface area contributed by atoms with E-state index in [1.807, 2.05) is 0 Å². The van der Waals surface area contributed by atoms with Crippen molar-refractivity contribution in [3.05, 3.63) is 119 Å². The first-order valence-electron chi connectivity index (χ1n) is 26.3. The predicted octanol–water partition coefficient (Wildman–Crippen LogP) is 8.80. The second-order valence-corrected chi connectivity index (χ2v) is 20.7. The highest BCUT2D eigenvalue weighted by molar-refractivity contribution is 5.91. The second-order valence-electron chi connectivity index (χ2n) is 20.7. The zero-order valence-corrected chi connectivity index (χ0v) is 44.9. The molecule has 18 heteroatoms. The number of unbranched alkanes of at least 4 members (excludes halogenated alkanes) is 2. The maximum absolute atomic E-state index is 14.0. The SMILES string of the molecule is CC(C)(CC(C)(C)C(=O)OCCOC(=O)[C@@H](CC(=O)CCc1ccc(OC(=O)CCCCC(=O)O)cc1)Cc1ccc(O)cc1)C(=O)N[C@@H](Cc1ccc(O)cc1)C(=O)CCCc1ccc(OC(=O)CCCCC(=O)O)cc1. The number of hydrogen-bond acceptors (Lipinski definition) is 15. The topological polar surface area (TPSA) is 283 Å². The largest absolute Gasteiger partial charge is 0.508 e. The van der Waals surface area contributed by atoms with Crippen molar-refractivity contribution in [3.63, 3.8) is 0 Å². The molecule has 18 nitrogen and oxygen atoms in total. The summed E-state index contributed by atoms with van der Waals surface area (Å²) in [5.41, 5.74) is 0.647. The van der Waals surface area contributed by atoms with Crippen molar-refractivity contribution < 1.29 is 82.5 Å². The number of aliphatic carboxylic acids is 2. The highest BCUT2D eigenvalue weighted by Crippen LogP contribution is 2.35. The molecular weight excluding hydrogens is 1010 g/mol. The molecule has 0 aliphatic carbocycles. The Hall–Kier alpha value is -7.89. The van der Waals surface area contributed by atoms with Gasteiger partial charge in [-0.2, -0.15) is 0 Å². The molecule has 1 amide bonds. The van der Waals surface area contributed by atoms with Crippen LogP contribution in [0.1, 0.15) is 133 Å². The van der Waals surface area contributed by atoms with E-state index >= 15 is 0 Å². The van der Waals surface area contributed by atoms with E-state index < -0.39 is 64.5 Å². The summed E-state index contributed by atoms with van der Waals surface area (Å²) in [5, 5.41) is 40.1. The molecule has 5 N–H and O–H groups in total. The van der Waals surface area contributed by atoms with Gasteiger partial charge in [0.05, 0.1) is 17.4 Å². The van der Waals surface area contributed by atoms with Gasteiger partial charge in [0.15, 0.2) is 5.78 Å². The summed E-state index contributed by atoms with van der Waals surface area (Å²) in [5.74, 6) is -5.23. The minimum atomic E-state index is -1.22. The number of carbonyl (C=O) groups is 9. The third-order valence-electron chi connectivity index (χ3n) is 12.8.